The van der Waals surface area contributed by atoms with E-state index in [1.807, 2.05) is 13.0 Å². The van der Waals surface area contributed by atoms with Crippen LogP contribution < -0.4 is 5.73 Å². The number of benzene rings is 1. The summed E-state index contributed by atoms with van der Waals surface area (Å²) in [5, 5.41) is 7.26. The molecule has 1 aromatic rings. The molecule has 0 spiro atoms. The van der Waals surface area contributed by atoms with E-state index in [1.54, 1.807) is 20.8 Å². The average Bonchev–Trinajstić information content (AvgIpc) is 2.27. The number of aryl methyl sites for hydroxylation is 1. The average molecular weight is 278 g/mol. The molecule has 0 aliphatic heterocycles. The number of carbonyl (C=O) groups excluding carboxylic acids is 1. The molecule has 0 atom stereocenters. The number of nitrogens with two attached hydrogens (primary N) is 1. The van der Waals surface area contributed by atoms with Gasteiger partial charge in [0.05, 0.1) is 0 Å². The van der Waals surface area contributed by atoms with Gasteiger partial charge in [0.1, 0.15) is 5.60 Å². The van der Waals surface area contributed by atoms with Gasteiger partial charge in [-0.05, 0) is 52.5 Å². The lowest BCUT2D eigenvalue weighted by Gasteiger charge is -2.16. The van der Waals surface area contributed by atoms with E-state index in [0.29, 0.717) is 0 Å². The largest absolute Gasteiger partial charge is 0.444 e. The van der Waals surface area contributed by atoms with E-state index in [0.717, 1.165) is 25.0 Å². The second-order valence-corrected chi connectivity index (χ2v) is 5.65. The Balaban J connectivity index is 0.000000396. The molecule has 1 aromatic carbocycles. The molecule has 4 heteroatoms. The molecule has 0 aromatic heterocycles. The van der Waals surface area contributed by atoms with Gasteiger partial charge < -0.3 is 15.9 Å². The zero-order chi connectivity index (χ0) is 15.6. The van der Waals surface area contributed by atoms with Gasteiger partial charge >= 0.3 is 6.09 Å². The predicted octanol–water partition coefficient (Wildman–Crippen LogP) is 3.93. The van der Waals surface area contributed by atoms with Crippen molar-refractivity contribution in [1.29, 1.82) is 5.41 Å². The summed E-state index contributed by atoms with van der Waals surface area (Å²) in [4.78, 5) is 10.0. The first-order chi connectivity index (χ1) is 9.20. The van der Waals surface area contributed by atoms with Crippen LogP contribution in [0.25, 0.3) is 0 Å². The molecule has 0 aliphatic carbocycles. The minimum atomic E-state index is -0.725. The number of primary amides is 1. The Hall–Kier alpha value is -1.84. The second kappa shape index (κ2) is 9.13. The van der Waals surface area contributed by atoms with E-state index in [4.69, 9.17) is 11.1 Å². The van der Waals surface area contributed by atoms with Crippen molar-refractivity contribution in [3.63, 3.8) is 0 Å². The Labute approximate surface area is 121 Å². The monoisotopic (exact) mass is 278 g/mol. The summed E-state index contributed by atoms with van der Waals surface area (Å²) in [6.07, 6.45) is 2.39. The minimum absolute atomic E-state index is 0.453. The molecule has 1 amide bonds. The third-order valence-corrected chi connectivity index (χ3v) is 2.27. The summed E-state index contributed by atoms with van der Waals surface area (Å²) in [7, 11) is 0. The van der Waals surface area contributed by atoms with Gasteiger partial charge in [0.25, 0.3) is 0 Å². The molecule has 0 aliphatic rings. The van der Waals surface area contributed by atoms with Gasteiger partial charge in [0, 0.05) is 5.71 Å². The van der Waals surface area contributed by atoms with Crippen LogP contribution in [0.4, 0.5) is 4.79 Å². The second-order valence-electron chi connectivity index (χ2n) is 5.65. The summed E-state index contributed by atoms with van der Waals surface area (Å²) in [5.41, 5.74) is 6.42. The van der Waals surface area contributed by atoms with Crippen molar-refractivity contribution in [2.75, 3.05) is 0 Å². The van der Waals surface area contributed by atoms with Gasteiger partial charge in [0.15, 0.2) is 0 Å². The highest BCUT2D eigenvalue weighted by Gasteiger charge is 2.12. The zero-order valence-electron chi connectivity index (χ0n) is 12.9. The van der Waals surface area contributed by atoms with Crippen LogP contribution in [0.15, 0.2) is 30.3 Å². The molecule has 4 nitrogen and oxygen atoms in total. The number of hydrogen-bond donors (Lipinski definition) is 2. The number of hydrogen-bond acceptors (Lipinski definition) is 3. The highest BCUT2D eigenvalue weighted by molar-refractivity contribution is 5.78. The van der Waals surface area contributed by atoms with Crippen LogP contribution in [0.3, 0.4) is 0 Å². The predicted molar refractivity (Wildman–Crippen MR) is 83.2 cm³/mol. The fourth-order valence-electron chi connectivity index (χ4n) is 1.50. The fraction of sp³-hybridized carbons (Fsp3) is 0.500. The minimum Gasteiger partial charge on any atom is -0.444 e. The van der Waals surface area contributed by atoms with E-state index in [2.05, 4.69) is 29.0 Å². The number of rotatable bonds is 4. The lowest BCUT2D eigenvalue weighted by molar-refractivity contribution is 0.0600. The van der Waals surface area contributed by atoms with E-state index in [9.17, 15) is 4.79 Å². The van der Waals surface area contributed by atoms with Crippen molar-refractivity contribution in [3.8, 4) is 0 Å². The third kappa shape index (κ3) is 12.6. The van der Waals surface area contributed by atoms with Crippen molar-refractivity contribution in [2.24, 2.45) is 5.73 Å². The first-order valence-electron chi connectivity index (χ1n) is 6.77. The van der Waals surface area contributed by atoms with Gasteiger partial charge in [-0.1, -0.05) is 30.3 Å². The lowest BCUT2D eigenvalue weighted by Crippen LogP contribution is -2.27. The van der Waals surface area contributed by atoms with E-state index in [-0.39, 0.29) is 0 Å². The summed E-state index contributed by atoms with van der Waals surface area (Å²) in [6, 6.07) is 10.4. The molecule has 1 rings (SSSR count). The van der Waals surface area contributed by atoms with E-state index < -0.39 is 11.7 Å². The standard InChI is InChI=1S/C11H15N.C5H11NO2/c1-10(12)6-5-9-11-7-3-2-4-8-11;1-5(2,3)8-4(6)7/h2-4,7-8,12H,5-6,9H2,1H3;1-3H3,(H2,6,7). The van der Waals surface area contributed by atoms with Crippen LogP contribution in [0.5, 0.6) is 0 Å². The van der Waals surface area contributed by atoms with E-state index >= 15 is 0 Å². The van der Waals surface area contributed by atoms with Gasteiger partial charge in [0.2, 0.25) is 0 Å². The quantitative estimate of drug-likeness (QED) is 0.819. The molecule has 0 radical (unpaired) electrons. The Bertz CT molecular complexity index is 408. The number of nitrogens with one attached hydrogen (secondary N) is 1. The lowest BCUT2D eigenvalue weighted by atomic mass is 10.1. The zero-order valence-corrected chi connectivity index (χ0v) is 12.9. The number of ether oxygens (including phenoxy) is 1. The molecule has 0 saturated heterocycles. The van der Waals surface area contributed by atoms with Crippen LogP contribution in [-0.2, 0) is 11.2 Å². The Morgan fingerprint density at radius 2 is 1.80 bits per heavy atom. The Morgan fingerprint density at radius 1 is 1.25 bits per heavy atom. The Morgan fingerprint density at radius 3 is 2.15 bits per heavy atom. The van der Waals surface area contributed by atoms with Crippen molar-refractivity contribution in [2.45, 2.75) is 52.6 Å². The maximum atomic E-state index is 10.0. The summed E-state index contributed by atoms with van der Waals surface area (Å²) < 4.78 is 4.58. The summed E-state index contributed by atoms with van der Waals surface area (Å²) in [6.45, 7) is 7.15. The van der Waals surface area contributed by atoms with Crippen LogP contribution >= 0.6 is 0 Å². The van der Waals surface area contributed by atoms with Crippen molar-refractivity contribution in [3.05, 3.63) is 35.9 Å². The van der Waals surface area contributed by atoms with Crippen LogP contribution in [0, 0.1) is 5.41 Å². The molecule has 0 saturated carbocycles. The van der Waals surface area contributed by atoms with Crippen LogP contribution in [0.1, 0.15) is 46.1 Å². The third-order valence-electron chi connectivity index (χ3n) is 2.27. The summed E-state index contributed by atoms with van der Waals surface area (Å²) >= 11 is 0. The van der Waals surface area contributed by atoms with Crippen LogP contribution in [-0.4, -0.2) is 17.4 Å². The van der Waals surface area contributed by atoms with E-state index in [1.165, 1.54) is 5.56 Å². The molecule has 112 valence electrons. The van der Waals surface area contributed by atoms with Gasteiger partial charge in [-0.25, -0.2) is 4.79 Å². The molecular formula is C16H26N2O2. The molecule has 20 heavy (non-hydrogen) atoms. The molecule has 0 fully saturated rings. The normalized spacial score (nSPS) is 10.2. The van der Waals surface area contributed by atoms with Crippen LogP contribution in [0.2, 0.25) is 0 Å². The van der Waals surface area contributed by atoms with Gasteiger partial charge in [-0.15, -0.1) is 0 Å². The van der Waals surface area contributed by atoms with Crippen molar-refractivity contribution < 1.29 is 9.53 Å². The SMILES string of the molecule is CC(=N)CCCc1ccccc1.CC(C)(C)OC(N)=O. The first kappa shape index (κ1) is 18.2. The fourth-order valence-corrected chi connectivity index (χ4v) is 1.50. The van der Waals surface area contributed by atoms with Gasteiger partial charge in [-0.3, -0.25) is 0 Å². The molecule has 3 N–H and O–H groups in total. The maximum Gasteiger partial charge on any atom is 0.405 e. The molecule has 0 unspecified atom stereocenters. The molecule has 0 bridgehead atoms. The maximum absolute atomic E-state index is 10.0. The summed E-state index contributed by atoms with van der Waals surface area (Å²) in [5.74, 6) is 0. The first-order valence-corrected chi connectivity index (χ1v) is 6.77. The topological polar surface area (TPSA) is 76.2 Å². The van der Waals surface area contributed by atoms with Gasteiger partial charge in [-0.2, -0.15) is 0 Å². The smallest absolute Gasteiger partial charge is 0.405 e. The molecular weight excluding hydrogens is 252 g/mol. The van der Waals surface area contributed by atoms with Crippen molar-refractivity contribution >= 4 is 11.8 Å². The van der Waals surface area contributed by atoms with Crippen molar-refractivity contribution in [1.82, 2.24) is 0 Å². The highest BCUT2D eigenvalue weighted by atomic mass is 16.6. The number of carbonyl (C=O) groups is 1. The number of amides is 1. The Kier molecular flexibility index (Phi) is 8.29. The highest BCUT2D eigenvalue weighted by Crippen LogP contribution is 2.05. The molecule has 0 heterocycles.